The van der Waals surface area contributed by atoms with Gasteiger partial charge < -0.3 is 9.47 Å². The van der Waals surface area contributed by atoms with Crippen molar-refractivity contribution in [1.82, 2.24) is 15.2 Å². The zero-order valence-electron chi connectivity index (χ0n) is 12.0. The molecule has 5 nitrogen and oxygen atoms in total. The van der Waals surface area contributed by atoms with Gasteiger partial charge in [-0.1, -0.05) is 25.1 Å². The molecule has 0 unspecified atom stereocenters. The molecule has 0 bridgehead atoms. The van der Waals surface area contributed by atoms with Gasteiger partial charge in [0, 0.05) is 11.3 Å². The van der Waals surface area contributed by atoms with Crippen molar-refractivity contribution < 1.29 is 9.47 Å². The molecule has 2 aromatic rings. The molecule has 0 spiro atoms. The maximum absolute atomic E-state index is 5.29. The third-order valence-corrected chi connectivity index (χ3v) is 3.78. The molecule has 1 aromatic carbocycles. The van der Waals surface area contributed by atoms with Crippen LogP contribution >= 0.6 is 11.8 Å². The number of aromatic amines is 1. The van der Waals surface area contributed by atoms with Gasteiger partial charge >= 0.3 is 0 Å². The number of thioether (sulfide) groups is 1. The highest BCUT2D eigenvalue weighted by molar-refractivity contribution is 7.99. The van der Waals surface area contributed by atoms with Crippen LogP contribution in [0.3, 0.4) is 0 Å². The second-order valence-corrected chi connectivity index (χ2v) is 5.30. The highest BCUT2D eigenvalue weighted by Gasteiger charge is 2.10. The van der Waals surface area contributed by atoms with E-state index in [0.29, 0.717) is 11.5 Å². The Kier molecular flexibility index (Phi) is 5.29. The molecule has 6 heteroatoms. The zero-order valence-corrected chi connectivity index (χ0v) is 12.8. The van der Waals surface area contributed by atoms with E-state index >= 15 is 0 Å². The average molecular weight is 293 g/mol. The van der Waals surface area contributed by atoms with Crippen LogP contribution in [0.4, 0.5) is 0 Å². The van der Waals surface area contributed by atoms with E-state index in [1.165, 1.54) is 12.8 Å². The lowest BCUT2D eigenvalue weighted by Crippen LogP contribution is -1.91. The highest BCUT2D eigenvalue weighted by Crippen LogP contribution is 2.31. The maximum atomic E-state index is 5.29. The molecule has 0 aliphatic carbocycles. The van der Waals surface area contributed by atoms with Gasteiger partial charge in [-0.25, -0.2) is 4.98 Å². The Hall–Kier alpha value is -1.69. The molecular formula is C14H19N3O2S. The number of methoxy groups -OCH3 is 2. The normalized spacial score (nSPS) is 10.6. The van der Waals surface area contributed by atoms with E-state index in [-0.39, 0.29) is 0 Å². The van der Waals surface area contributed by atoms with Gasteiger partial charge in [-0.15, -0.1) is 5.10 Å². The lowest BCUT2D eigenvalue weighted by Gasteiger charge is -2.07. The Labute approximate surface area is 123 Å². The van der Waals surface area contributed by atoms with Crippen LogP contribution < -0.4 is 9.47 Å². The van der Waals surface area contributed by atoms with Crippen molar-refractivity contribution in [2.45, 2.75) is 24.9 Å². The first-order valence-corrected chi connectivity index (χ1v) is 7.54. The second-order valence-electron chi connectivity index (χ2n) is 4.24. The van der Waals surface area contributed by atoms with E-state index in [2.05, 4.69) is 22.1 Å². The van der Waals surface area contributed by atoms with Gasteiger partial charge in [0.2, 0.25) is 5.16 Å². The summed E-state index contributed by atoms with van der Waals surface area (Å²) in [5.41, 5.74) is 0.928. The van der Waals surface area contributed by atoms with E-state index in [1.54, 1.807) is 26.0 Å². The molecule has 0 saturated carbocycles. The predicted molar refractivity (Wildman–Crippen MR) is 80.6 cm³/mol. The van der Waals surface area contributed by atoms with Gasteiger partial charge in [0.1, 0.15) is 0 Å². The Morgan fingerprint density at radius 3 is 2.70 bits per heavy atom. The standard InChI is InChI=1S/C14H19N3O2S/c1-4-5-8-20-14-15-13(16-17-14)10-6-7-11(18-2)12(9-10)19-3/h6-7,9H,4-5,8H2,1-3H3,(H,15,16,17). The van der Waals surface area contributed by atoms with E-state index in [0.717, 1.165) is 22.3 Å². The fourth-order valence-electron chi connectivity index (χ4n) is 1.73. The second kappa shape index (κ2) is 7.19. The minimum Gasteiger partial charge on any atom is -0.493 e. The molecule has 0 atom stereocenters. The molecule has 1 heterocycles. The van der Waals surface area contributed by atoms with Crippen LogP contribution in [0.25, 0.3) is 11.4 Å². The van der Waals surface area contributed by atoms with Crippen LogP contribution in [0.5, 0.6) is 11.5 Å². The summed E-state index contributed by atoms with van der Waals surface area (Å²) >= 11 is 1.67. The summed E-state index contributed by atoms with van der Waals surface area (Å²) in [6.07, 6.45) is 2.35. The van der Waals surface area contributed by atoms with Gasteiger partial charge in [-0.2, -0.15) is 0 Å². The summed E-state index contributed by atoms with van der Waals surface area (Å²) in [7, 11) is 3.24. The maximum Gasteiger partial charge on any atom is 0.208 e. The van der Waals surface area contributed by atoms with Crippen molar-refractivity contribution in [1.29, 1.82) is 0 Å². The van der Waals surface area contributed by atoms with E-state index < -0.39 is 0 Å². The molecule has 1 N–H and O–H groups in total. The Morgan fingerprint density at radius 2 is 2.00 bits per heavy atom. The fourth-order valence-corrected chi connectivity index (χ4v) is 2.61. The molecular weight excluding hydrogens is 274 g/mol. The van der Waals surface area contributed by atoms with Crippen molar-refractivity contribution in [2.24, 2.45) is 0 Å². The molecule has 2 rings (SSSR count). The van der Waals surface area contributed by atoms with E-state index in [9.17, 15) is 0 Å². The number of nitrogens with zero attached hydrogens (tertiary/aromatic N) is 2. The van der Waals surface area contributed by atoms with Crippen molar-refractivity contribution in [3.05, 3.63) is 18.2 Å². The minimum atomic E-state index is 0.682. The lowest BCUT2D eigenvalue weighted by atomic mass is 10.2. The first kappa shape index (κ1) is 14.7. The van der Waals surface area contributed by atoms with Crippen LogP contribution in [0.2, 0.25) is 0 Å². The van der Waals surface area contributed by atoms with Crippen LogP contribution in [-0.2, 0) is 0 Å². The monoisotopic (exact) mass is 293 g/mol. The number of H-pyrrole nitrogens is 1. The number of unbranched alkanes of at least 4 members (excludes halogenated alkanes) is 1. The number of hydrogen-bond donors (Lipinski definition) is 1. The molecule has 0 radical (unpaired) electrons. The number of hydrogen-bond acceptors (Lipinski definition) is 5. The molecule has 108 valence electrons. The van der Waals surface area contributed by atoms with Gasteiger partial charge in [-0.3, -0.25) is 5.10 Å². The van der Waals surface area contributed by atoms with Gasteiger partial charge in [-0.05, 0) is 24.6 Å². The SMILES string of the molecule is CCCCSc1n[nH]c(-c2ccc(OC)c(OC)c2)n1. The van der Waals surface area contributed by atoms with Gasteiger partial charge in [0.25, 0.3) is 0 Å². The Bertz CT molecular complexity index is 557. The van der Waals surface area contributed by atoms with Crippen molar-refractivity contribution in [2.75, 3.05) is 20.0 Å². The molecule has 0 amide bonds. The molecule has 0 fully saturated rings. The Balaban J connectivity index is 2.15. The molecule has 0 saturated heterocycles. The lowest BCUT2D eigenvalue weighted by molar-refractivity contribution is 0.355. The third-order valence-electron chi connectivity index (χ3n) is 2.85. The summed E-state index contributed by atoms with van der Waals surface area (Å²) in [6.45, 7) is 2.17. The summed E-state index contributed by atoms with van der Waals surface area (Å²) in [5, 5.41) is 7.96. The zero-order chi connectivity index (χ0) is 14.4. The number of benzene rings is 1. The smallest absolute Gasteiger partial charge is 0.208 e. The number of aromatic nitrogens is 3. The van der Waals surface area contributed by atoms with Gasteiger partial charge in [0.05, 0.1) is 14.2 Å². The summed E-state index contributed by atoms with van der Waals surface area (Å²) in [4.78, 5) is 4.48. The Morgan fingerprint density at radius 1 is 1.20 bits per heavy atom. The predicted octanol–water partition coefficient (Wildman–Crippen LogP) is 3.38. The number of nitrogens with one attached hydrogen (secondary N) is 1. The first-order chi connectivity index (χ1) is 9.78. The van der Waals surface area contributed by atoms with Crippen LogP contribution in [-0.4, -0.2) is 35.2 Å². The van der Waals surface area contributed by atoms with Crippen LogP contribution in [0, 0.1) is 0 Å². The number of ether oxygens (including phenoxy) is 2. The molecule has 1 aromatic heterocycles. The summed E-state index contributed by atoms with van der Waals surface area (Å²) in [5.74, 6) is 3.17. The third kappa shape index (κ3) is 3.45. The molecule has 0 aliphatic heterocycles. The van der Waals surface area contributed by atoms with E-state index in [1.807, 2.05) is 18.2 Å². The molecule has 20 heavy (non-hydrogen) atoms. The molecule has 0 aliphatic rings. The average Bonchev–Trinajstić information content (AvgIpc) is 2.95. The topological polar surface area (TPSA) is 60.0 Å². The number of rotatable bonds is 7. The van der Waals surface area contributed by atoms with Crippen LogP contribution in [0.1, 0.15) is 19.8 Å². The quantitative estimate of drug-likeness (QED) is 0.626. The summed E-state index contributed by atoms with van der Waals surface area (Å²) < 4.78 is 10.5. The minimum absolute atomic E-state index is 0.682. The fraction of sp³-hybridized carbons (Fsp3) is 0.429. The van der Waals surface area contributed by atoms with Crippen LogP contribution in [0.15, 0.2) is 23.4 Å². The summed E-state index contributed by atoms with van der Waals surface area (Å²) in [6, 6.07) is 5.68. The van der Waals surface area contributed by atoms with Crippen molar-refractivity contribution >= 4 is 11.8 Å². The largest absolute Gasteiger partial charge is 0.493 e. The van der Waals surface area contributed by atoms with Crippen molar-refractivity contribution in [3.8, 4) is 22.9 Å². The highest BCUT2D eigenvalue weighted by atomic mass is 32.2. The van der Waals surface area contributed by atoms with E-state index in [4.69, 9.17) is 9.47 Å². The first-order valence-electron chi connectivity index (χ1n) is 6.56. The van der Waals surface area contributed by atoms with Crippen molar-refractivity contribution in [3.63, 3.8) is 0 Å². The van der Waals surface area contributed by atoms with Gasteiger partial charge in [0.15, 0.2) is 17.3 Å².